The van der Waals surface area contributed by atoms with Crippen LogP contribution < -0.4 is 15.5 Å². The first-order valence-electron chi connectivity index (χ1n) is 13.5. The first-order chi connectivity index (χ1) is 18.8. The van der Waals surface area contributed by atoms with Gasteiger partial charge in [0.1, 0.15) is 24.0 Å². The SMILES string of the molecule is O=C(NCc1ccc(Cl)cc1)[C@@H](CC1CCCCC1)Nc1cc(-n2ccnc2)nc(N2CCS(=O)(=O)CC2)n1. The van der Waals surface area contributed by atoms with Crippen LogP contribution in [0.1, 0.15) is 44.1 Å². The molecule has 5 rings (SSSR count). The van der Waals surface area contributed by atoms with Crippen LogP contribution in [0.15, 0.2) is 49.1 Å². The summed E-state index contributed by atoms with van der Waals surface area (Å²) >= 11 is 6.01. The van der Waals surface area contributed by atoms with Gasteiger partial charge in [0.2, 0.25) is 11.9 Å². The number of nitrogens with zero attached hydrogens (tertiary/aromatic N) is 5. The number of aromatic nitrogens is 4. The number of amides is 1. The zero-order valence-electron chi connectivity index (χ0n) is 21.8. The van der Waals surface area contributed by atoms with Crippen molar-refractivity contribution >= 4 is 39.1 Å². The lowest BCUT2D eigenvalue weighted by Crippen LogP contribution is -2.42. The van der Waals surface area contributed by atoms with Crippen molar-refractivity contribution < 1.29 is 13.2 Å². The van der Waals surface area contributed by atoms with Gasteiger partial charge in [-0.3, -0.25) is 9.36 Å². The van der Waals surface area contributed by atoms with Gasteiger partial charge in [-0.05, 0) is 30.0 Å². The van der Waals surface area contributed by atoms with Gasteiger partial charge < -0.3 is 15.5 Å². The number of anilines is 2. The summed E-state index contributed by atoms with van der Waals surface area (Å²) in [6.07, 6.45) is 11.6. The van der Waals surface area contributed by atoms with Crippen LogP contribution >= 0.6 is 11.6 Å². The van der Waals surface area contributed by atoms with Crippen LogP contribution in [0.25, 0.3) is 5.82 Å². The van der Waals surface area contributed by atoms with Gasteiger partial charge in [-0.1, -0.05) is 55.8 Å². The first kappa shape index (κ1) is 27.4. The van der Waals surface area contributed by atoms with E-state index in [-0.39, 0.29) is 17.4 Å². The predicted molar refractivity (Wildman–Crippen MR) is 152 cm³/mol. The lowest BCUT2D eigenvalue weighted by Gasteiger charge is -2.29. The van der Waals surface area contributed by atoms with Crippen LogP contribution in [-0.2, 0) is 21.2 Å². The zero-order chi connectivity index (χ0) is 27.2. The average molecular weight is 572 g/mol. The summed E-state index contributed by atoms with van der Waals surface area (Å²) < 4.78 is 25.8. The minimum absolute atomic E-state index is 0.0613. The smallest absolute Gasteiger partial charge is 0.242 e. The largest absolute Gasteiger partial charge is 0.358 e. The number of nitrogens with one attached hydrogen (secondary N) is 2. The number of sulfone groups is 1. The van der Waals surface area contributed by atoms with Crippen LogP contribution in [0.4, 0.5) is 11.8 Å². The van der Waals surface area contributed by atoms with E-state index >= 15 is 0 Å². The average Bonchev–Trinajstić information content (AvgIpc) is 3.48. The molecular formula is C27H34ClN7O3S. The van der Waals surface area contributed by atoms with Crippen LogP contribution in [0, 0.1) is 5.92 Å². The molecule has 0 radical (unpaired) electrons. The molecule has 10 nitrogen and oxygen atoms in total. The third-order valence-electron chi connectivity index (χ3n) is 7.41. The fourth-order valence-electron chi connectivity index (χ4n) is 5.16. The molecule has 3 aromatic rings. The highest BCUT2D eigenvalue weighted by molar-refractivity contribution is 7.91. The molecule has 1 saturated carbocycles. The normalized spacial score (nSPS) is 18.4. The Morgan fingerprint density at radius 3 is 2.51 bits per heavy atom. The second kappa shape index (κ2) is 12.3. The Bertz CT molecular complexity index is 1350. The van der Waals surface area contributed by atoms with E-state index in [4.69, 9.17) is 16.6 Å². The maximum atomic E-state index is 13.5. The number of carbonyl (C=O) groups excluding carboxylic acids is 1. The van der Waals surface area contributed by atoms with Crippen LogP contribution in [0.5, 0.6) is 0 Å². The Kier molecular flexibility index (Phi) is 8.66. The van der Waals surface area contributed by atoms with Crippen molar-refractivity contribution in [3.63, 3.8) is 0 Å². The number of rotatable bonds is 9. The summed E-state index contributed by atoms with van der Waals surface area (Å²) in [5.41, 5.74) is 0.968. The van der Waals surface area contributed by atoms with Crippen LogP contribution in [-0.4, -0.2) is 64.5 Å². The molecule has 39 heavy (non-hydrogen) atoms. The van der Waals surface area contributed by atoms with Gasteiger partial charge in [0.05, 0.1) is 11.5 Å². The van der Waals surface area contributed by atoms with E-state index in [0.717, 1.165) is 18.4 Å². The van der Waals surface area contributed by atoms with E-state index in [1.54, 1.807) is 29.4 Å². The molecule has 1 saturated heterocycles. The second-order valence-electron chi connectivity index (χ2n) is 10.3. The van der Waals surface area contributed by atoms with Crippen LogP contribution in [0.3, 0.4) is 0 Å². The van der Waals surface area contributed by atoms with Crippen molar-refractivity contribution in [1.29, 1.82) is 0 Å². The Labute approximate surface area is 234 Å². The Morgan fingerprint density at radius 1 is 1.08 bits per heavy atom. The lowest BCUT2D eigenvalue weighted by molar-refractivity contribution is -0.122. The minimum atomic E-state index is -3.05. The van der Waals surface area contributed by atoms with Gasteiger partial charge >= 0.3 is 0 Å². The van der Waals surface area contributed by atoms with Gasteiger partial charge in [-0.15, -0.1) is 0 Å². The van der Waals surface area contributed by atoms with E-state index in [1.165, 1.54) is 19.3 Å². The molecule has 2 aromatic heterocycles. The summed E-state index contributed by atoms with van der Waals surface area (Å²) in [4.78, 5) is 28.9. The molecule has 0 bridgehead atoms. The zero-order valence-corrected chi connectivity index (χ0v) is 23.4. The van der Waals surface area contributed by atoms with E-state index in [0.29, 0.717) is 54.6 Å². The number of halogens is 1. The van der Waals surface area contributed by atoms with Crippen LogP contribution in [0.2, 0.25) is 5.02 Å². The summed E-state index contributed by atoms with van der Waals surface area (Å²) in [6, 6.07) is 8.74. The molecule has 208 valence electrons. The number of hydrogen-bond donors (Lipinski definition) is 2. The number of hydrogen-bond acceptors (Lipinski definition) is 8. The van der Waals surface area contributed by atoms with E-state index in [9.17, 15) is 13.2 Å². The van der Waals surface area contributed by atoms with Crippen molar-refractivity contribution in [3.8, 4) is 5.82 Å². The van der Waals surface area contributed by atoms with Gasteiger partial charge in [-0.25, -0.2) is 13.4 Å². The Morgan fingerprint density at radius 2 is 1.82 bits per heavy atom. The molecule has 2 fully saturated rings. The summed E-state index contributed by atoms with van der Waals surface area (Å²) in [5.74, 6) is 2.02. The lowest BCUT2D eigenvalue weighted by atomic mass is 9.84. The van der Waals surface area contributed by atoms with Gasteiger partial charge in [0, 0.05) is 43.1 Å². The molecule has 3 heterocycles. The molecule has 1 amide bonds. The summed E-state index contributed by atoms with van der Waals surface area (Å²) in [7, 11) is -3.05. The fraction of sp³-hybridized carbons (Fsp3) is 0.481. The summed E-state index contributed by atoms with van der Waals surface area (Å²) in [5, 5.41) is 7.14. The molecule has 12 heteroatoms. The minimum Gasteiger partial charge on any atom is -0.358 e. The maximum Gasteiger partial charge on any atom is 0.242 e. The third kappa shape index (κ3) is 7.48. The van der Waals surface area contributed by atoms with E-state index in [2.05, 4.69) is 20.6 Å². The highest BCUT2D eigenvalue weighted by Gasteiger charge is 2.27. The summed E-state index contributed by atoms with van der Waals surface area (Å²) in [6.45, 7) is 1.04. The highest BCUT2D eigenvalue weighted by atomic mass is 35.5. The van der Waals surface area contributed by atoms with Gasteiger partial charge in [0.15, 0.2) is 9.84 Å². The predicted octanol–water partition coefficient (Wildman–Crippen LogP) is 3.62. The molecule has 2 N–H and O–H groups in total. The molecule has 2 aliphatic rings. The van der Waals surface area contributed by atoms with Crippen molar-refractivity contribution in [2.75, 3.05) is 34.8 Å². The molecular weight excluding hydrogens is 538 g/mol. The topological polar surface area (TPSA) is 122 Å². The standard InChI is InChI=1S/C27H34ClN7O3S/c28-22-8-6-21(7-9-22)18-30-26(36)23(16-20-4-2-1-3-5-20)31-24-17-25(35-11-10-29-19-35)33-27(32-24)34-12-14-39(37,38)15-13-34/h6-11,17,19-20,23H,1-5,12-16,18H2,(H,30,36)(H,31,32,33)/t23-/m1/s1. The van der Waals surface area contributed by atoms with Crippen molar-refractivity contribution in [2.45, 2.75) is 51.1 Å². The highest BCUT2D eigenvalue weighted by Crippen LogP contribution is 2.29. The molecule has 0 spiro atoms. The number of carbonyl (C=O) groups is 1. The maximum absolute atomic E-state index is 13.5. The molecule has 1 aliphatic heterocycles. The first-order valence-corrected chi connectivity index (χ1v) is 15.7. The molecule has 1 atom stereocenters. The van der Waals surface area contributed by atoms with E-state index in [1.807, 2.05) is 29.2 Å². The molecule has 1 aromatic carbocycles. The Hall–Kier alpha value is -3.18. The van der Waals surface area contributed by atoms with Gasteiger partial charge in [0.25, 0.3) is 0 Å². The Balaban J connectivity index is 1.39. The third-order valence-corrected chi connectivity index (χ3v) is 9.27. The quantitative estimate of drug-likeness (QED) is 0.399. The monoisotopic (exact) mass is 571 g/mol. The second-order valence-corrected chi connectivity index (χ2v) is 13.0. The van der Waals surface area contributed by atoms with Gasteiger partial charge in [-0.2, -0.15) is 9.97 Å². The number of benzene rings is 1. The van der Waals surface area contributed by atoms with Crippen molar-refractivity contribution in [3.05, 3.63) is 59.6 Å². The molecule has 0 unspecified atom stereocenters. The fourth-order valence-corrected chi connectivity index (χ4v) is 6.48. The van der Waals surface area contributed by atoms with Crippen molar-refractivity contribution in [1.82, 2.24) is 24.8 Å². The van der Waals surface area contributed by atoms with Crippen molar-refractivity contribution in [2.24, 2.45) is 5.92 Å². The number of imidazole rings is 1. The van der Waals surface area contributed by atoms with E-state index < -0.39 is 15.9 Å². The molecule has 1 aliphatic carbocycles.